The Balaban J connectivity index is 2.98. The first kappa shape index (κ1) is 6.28. The minimum atomic E-state index is 0.951. The van der Waals surface area contributed by atoms with E-state index in [1.165, 1.54) is 0 Å². The largest absolute Gasteiger partial charge is 0.405 e. The molecule has 0 rings (SSSR count). The monoisotopic (exact) mass is 97.1 g/mol. The van der Waals surface area contributed by atoms with Gasteiger partial charge in [0.2, 0.25) is 0 Å². The summed E-state index contributed by atoms with van der Waals surface area (Å²) in [6.07, 6.45) is 8.45. The second kappa shape index (κ2) is 5.28. The summed E-state index contributed by atoms with van der Waals surface area (Å²) in [6, 6.07) is 0. The molecule has 0 atom stereocenters. The van der Waals surface area contributed by atoms with E-state index in [1.807, 2.05) is 25.2 Å². The van der Waals surface area contributed by atoms with Gasteiger partial charge in [0.15, 0.2) is 0 Å². The summed E-state index contributed by atoms with van der Waals surface area (Å²) in [5, 5.41) is 0. The zero-order chi connectivity index (χ0) is 5.54. The van der Waals surface area contributed by atoms with Gasteiger partial charge in [0.1, 0.15) is 0 Å². The van der Waals surface area contributed by atoms with Gasteiger partial charge >= 0.3 is 0 Å². The highest BCUT2D eigenvalue weighted by Gasteiger charge is 1.61. The Bertz CT molecular complexity index is 62.2. The molecular weight excluding hydrogens is 86.1 g/mol. The molecule has 0 saturated heterocycles. The smallest absolute Gasteiger partial charge is 0.00999 e. The standard InChI is InChI=1S/C6H11N/c1-2-3-4-5-6-7/h2-3,5-6H,4,7H2,1H3/b3-2+,6-5-. The van der Waals surface area contributed by atoms with Crippen LogP contribution in [0.2, 0.25) is 0 Å². The third kappa shape index (κ3) is 5.28. The molecule has 0 aromatic heterocycles. The van der Waals surface area contributed by atoms with Crippen molar-refractivity contribution in [2.45, 2.75) is 13.3 Å². The minimum Gasteiger partial charge on any atom is -0.405 e. The van der Waals surface area contributed by atoms with E-state index >= 15 is 0 Å². The van der Waals surface area contributed by atoms with Gasteiger partial charge in [-0.2, -0.15) is 0 Å². The third-order valence-electron chi connectivity index (χ3n) is 0.644. The highest BCUT2D eigenvalue weighted by molar-refractivity contribution is 4.88. The lowest BCUT2D eigenvalue weighted by Crippen LogP contribution is -1.73. The van der Waals surface area contributed by atoms with Crippen LogP contribution in [0.3, 0.4) is 0 Å². The van der Waals surface area contributed by atoms with Gasteiger partial charge in [-0.05, 0) is 19.5 Å². The van der Waals surface area contributed by atoms with Gasteiger partial charge in [-0.3, -0.25) is 0 Å². The van der Waals surface area contributed by atoms with Gasteiger partial charge in [-0.15, -0.1) is 0 Å². The van der Waals surface area contributed by atoms with Crippen LogP contribution in [0.5, 0.6) is 0 Å². The fourth-order valence-electron chi connectivity index (χ4n) is 0.293. The molecule has 2 N–H and O–H groups in total. The van der Waals surface area contributed by atoms with Crippen molar-refractivity contribution in [2.75, 3.05) is 0 Å². The number of hydrogen-bond acceptors (Lipinski definition) is 1. The summed E-state index contributed by atoms with van der Waals surface area (Å²) in [7, 11) is 0. The highest BCUT2D eigenvalue weighted by atomic mass is 14.5. The average Bonchev–Trinajstić information content (AvgIpc) is 1.69. The molecule has 0 heterocycles. The second-order valence-electron chi connectivity index (χ2n) is 1.23. The van der Waals surface area contributed by atoms with Gasteiger partial charge < -0.3 is 5.73 Å². The van der Waals surface area contributed by atoms with Gasteiger partial charge in [0.05, 0.1) is 0 Å². The Morgan fingerprint density at radius 1 is 1.43 bits per heavy atom. The minimum absolute atomic E-state index is 0.951. The first-order chi connectivity index (χ1) is 3.41. The predicted molar refractivity (Wildman–Crippen MR) is 32.8 cm³/mol. The van der Waals surface area contributed by atoms with Gasteiger partial charge in [-0.1, -0.05) is 18.2 Å². The molecule has 0 bridgehead atoms. The first-order valence-electron chi connectivity index (χ1n) is 2.39. The van der Waals surface area contributed by atoms with E-state index < -0.39 is 0 Å². The summed E-state index contributed by atoms with van der Waals surface area (Å²) in [5.41, 5.74) is 5.05. The molecule has 0 aromatic carbocycles. The quantitative estimate of drug-likeness (QED) is 0.518. The van der Waals surface area contributed by atoms with E-state index in [0.717, 1.165) is 6.42 Å². The molecule has 0 unspecified atom stereocenters. The van der Waals surface area contributed by atoms with Crippen LogP contribution in [-0.2, 0) is 0 Å². The van der Waals surface area contributed by atoms with Gasteiger partial charge in [-0.25, -0.2) is 0 Å². The lowest BCUT2D eigenvalue weighted by atomic mass is 10.4. The maximum Gasteiger partial charge on any atom is -0.00999 e. The summed E-state index contributed by atoms with van der Waals surface area (Å²) in [6.45, 7) is 1.99. The number of allylic oxidation sites excluding steroid dienone is 3. The Hall–Kier alpha value is -0.720. The van der Waals surface area contributed by atoms with Crippen LogP contribution < -0.4 is 5.73 Å². The molecule has 0 spiro atoms. The van der Waals surface area contributed by atoms with Crippen molar-refractivity contribution >= 4 is 0 Å². The summed E-state index contributed by atoms with van der Waals surface area (Å²) in [5.74, 6) is 0. The molecule has 0 saturated carbocycles. The molecule has 0 amide bonds. The van der Waals surface area contributed by atoms with E-state index in [9.17, 15) is 0 Å². The van der Waals surface area contributed by atoms with Crippen molar-refractivity contribution in [1.82, 2.24) is 0 Å². The molecule has 0 aliphatic rings. The molecule has 0 aromatic rings. The summed E-state index contributed by atoms with van der Waals surface area (Å²) >= 11 is 0. The SMILES string of the molecule is C/C=C/C/C=C\N. The van der Waals surface area contributed by atoms with Gasteiger partial charge in [0.25, 0.3) is 0 Å². The third-order valence-corrected chi connectivity index (χ3v) is 0.644. The van der Waals surface area contributed by atoms with Crippen molar-refractivity contribution in [3.63, 3.8) is 0 Å². The molecule has 1 heteroatoms. The molecule has 0 fully saturated rings. The Labute approximate surface area is 44.5 Å². The fourth-order valence-corrected chi connectivity index (χ4v) is 0.293. The maximum absolute atomic E-state index is 5.05. The normalized spacial score (nSPS) is 11.6. The summed E-state index contributed by atoms with van der Waals surface area (Å²) < 4.78 is 0. The van der Waals surface area contributed by atoms with Crippen molar-refractivity contribution < 1.29 is 0 Å². The molecular formula is C6H11N. The topological polar surface area (TPSA) is 26.0 Å². The lowest BCUT2D eigenvalue weighted by molar-refractivity contribution is 1.35. The molecule has 0 aliphatic heterocycles. The van der Waals surface area contributed by atoms with Crippen molar-refractivity contribution in [1.29, 1.82) is 0 Å². The van der Waals surface area contributed by atoms with Gasteiger partial charge in [0, 0.05) is 0 Å². The van der Waals surface area contributed by atoms with Crippen LogP contribution in [-0.4, -0.2) is 0 Å². The van der Waals surface area contributed by atoms with E-state index in [2.05, 4.69) is 0 Å². The summed E-state index contributed by atoms with van der Waals surface area (Å²) in [4.78, 5) is 0. The van der Waals surface area contributed by atoms with Crippen molar-refractivity contribution in [3.8, 4) is 0 Å². The van der Waals surface area contributed by atoms with Crippen LogP contribution in [0.15, 0.2) is 24.4 Å². The van der Waals surface area contributed by atoms with Crippen LogP contribution in [0, 0.1) is 0 Å². The van der Waals surface area contributed by atoms with Crippen molar-refractivity contribution in [3.05, 3.63) is 24.4 Å². The van der Waals surface area contributed by atoms with E-state index in [-0.39, 0.29) is 0 Å². The van der Waals surface area contributed by atoms with Crippen LogP contribution in [0.4, 0.5) is 0 Å². The average molecular weight is 97.2 g/mol. The predicted octanol–water partition coefficient (Wildman–Crippen LogP) is 1.43. The fraction of sp³-hybridized carbons (Fsp3) is 0.333. The van der Waals surface area contributed by atoms with Crippen LogP contribution >= 0.6 is 0 Å². The number of rotatable bonds is 2. The van der Waals surface area contributed by atoms with Crippen LogP contribution in [0.1, 0.15) is 13.3 Å². The number of hydrogen-bond donors (Lipinski definition) is 1. The van der Waals surface area contributed by atoms with E-state index in [0.29, 0.717) is 0 Å². The van der Waals surface area contributed by atoms with E-state index in [1.54, 1.807) is 6.20 Å². The molecule has 7 heavy (non-hydrogen) atoms. The lowest BCUT2D eigenvalue weighted by Gasteiger charge is -1.73. The van der Waals surface area contributed by atoms with Crippen LogP contribution in [0.25, 0.3) is 0 Å². The Morgan fingerprint density at radius 3 is 2.57 bits per heavy atom. The zero-order valence-corrected chi connectivity index (χ0v) is 4.59. The zero-order valence-electron chi connectivity index (χ0n) is 4.59. The Kier molecular flexibility index (Phi) is 4.74. The Morgan fingerprint density at radius 2 is 2.14 bits per heavy atom. The molecule has 0 radical (unpaired) electrons. The maximum atomic E-state index is 5.05. The van der Waals surface area contributed by atoms with E-state index in [4.69, 9.17) is 5.73 Å². The second-order valence-corrected chi connectivity index (χ2v) is 1.23. The molecule has 40 valence electrons. The molecule has 1 nitrogen and oxygen atoms in total. The highest BCUT2D eigenvalue weighted by Crippen LogP contribution is 1.80. The first-order valence-corrected chi connectivity index (χ1v) is 2.39. The molecule has 0 aliphatic carbocycles. The number of nitrogens with two attached hydrogens (primary N) is 1. The van der Waals surface area contributed by atoms with Crippen molar-refractivity contribution in [2.24, 2.45) is 5.73 Å².